The van der Waals surface area contributed by atoms with Gasteiger partial charge in [0.2, 0.25) is 5.91 Å². The van der Waals surface area contributed by atoms with Crippen LogP contribution in [0.4, 0.5) is 0 Å². The monoisotopic (exact) mass is 489 g/mol. The average Bonchev–Trinajstić information content (AvgIpc) is 2.73. The van der Waals surface area contributed by atoms with Gasteiger partial charge >= 0.3 is 11.9 Å². The van der Waals surface area contributed by atoms with Crippen molar-refractivity contribution in [2.24, 2.45) is 0 Å². The normalized spacial score (nSPS) is 19.2. The molecule has 0 aromatic heterocycles. The molecule has 0 aliphatic carbocycles. The molecule has 1 saturated heterocycles. The third-order valence-electron chi connectivity index (χ3n) is 5.51. The Labute approximate surface area is 200 Å². The van der Waals surface area contributed by atoms with Gasteiger partial charge in [-0.2, -0.15) is 11.8 Å². The van der Waals surface area contributed by atoms with Gasteiger partial charge in [-0.05, 0) is 25.4 Å². The first kappa shape index (κ1) is 29.3. The molecular weight excluding hydrogens is 450 g/mol. The number of nitrogens with zero attached hydrogens (tertiary/aromatic N) is 4. The number of carbonyl (C=O) groups excluding carboxylic acids is 2. The van der Waals surface area contributed by atoms with E-state index in [4.69, 9.17) is 0 Å². The SMILES string of the molecule is CSCCC(C)NC(=O)CN1CCN(CC=O)CCN(CC(=O)O)CCN(CC(=O)O)CC1. The average molecular weight is 490 g/mol. The lowest BCUT2D eigenvalue weighted by molar-refractivity contribution is -0.140. The quantitative estimate of drug-likeness (QED) is 0.286. The fourth-order valence-corrected chi connectivity index (χ4v) is 4.20. The molecule has 1 fully saturated rings. The number of thioether (sulfide) groups is 1. The summed E-state index contributed by atoms with van der Waals surface area (Å²) in [6.45, 7) is 5.92. The molecule has 0 aromatic carbocycles. The maximum atomic E-state index is 12.6. The van der Waals surface area contributed by atoms with E-state index in [0.29, 0.717) is 52.4 Å². The van der Waals surface area contributed by atoms with Gasteiger partial charge in [0.25, 0.3) is 0 Å². The zero-order valence-electron chi connectivity index (χ0n) is 19.8. The summed E-state index contributed by atoms with van der Waals surface area (Å²) in [5.74, 6) is -1.00. The fraction of sp³-hybridized carbons (Fsp3) is 0.810. The van der Waals surface area contributed by atoms with E-state index < -0.39 is 11.9 Å². The van der Waals surface area contributed by atoms with Crippen LogP contribution in [0.3, 0.4) is 0 Å². The van der Waals surface area contributed by atoms with Crippen LogP contribution in [0.2, 0.25) is 0 Å². The van der Waals surface area contributed by atoms with Crippen molar-refractivity contribution in [2.75, 3.05) is 90.5 Å². The highest BCUT2D eigenvalue weighted by Crippen LogP contribution is 2.03. The lowest BCUT2D eigenvalue weighted by Crippen LogP contribution is -2.50. The number of hydrogen-bond acceptors (Lipinski definition) is 9. The van der Waals surface area contributed by atoms with Crippen molar-refractivity contribution in [1.29, 1.82) is 0 Å². The Bertz CT molecular complexity index is 626. The van der Waals surface area contributed by atoms with Crippen LogP contribution in [-0.4, -0.2) is 151 Å². The number of hydrogen-bond donors (Lipinski definition) is 3. The molecule has 12 heteroatoms. The van der Waals surface area contributed by atoms with Crippen LogP contribution in [0.5, 0.6) is 0 Å². The Morgan fingerprint density at radius 3 is 1.67 bits per heavy atom. The largest absolute Gasteiger partial charge is 0.480 e. The Hall–Kier alpha value is -1.73. The summed E-state index contributed by atoms with van der Waals surface area (Å²) in [7, 11) is 0. The van der Waals surface area contributed by atoms with Crippen LogP contribution in [0.25, 0.3) is 0 Å². The lowest BCUT2D eigenvalue weighted by atomic mass is 10.2. The second-order valence-electron chi connectivity index (χ2n) is 8.33. The van der Waals surface area contributed by atoms with Gasteiger partial charge in [0.15, 0.2) is 0 Å². The first-order chi connectivity index (χ1) is 15.7. The molecule has 1 aliphatic rings. The molecule has 0 radical (unpaired) electrons. The number of amides is 1. The van der Waals surface area contributed by atoms with Gasteiger partial charge in [-0.1, -0.05) is 0 Å². The summed E-state index contributed by atoms with van der Waals surface area (Å²) in [5, 5.41) is 21.5. The van der Waals surface area contributed by atoms with Crippen LogP contribution < -0.4 is 5.32 Å². The molecule has 1 unspecified atom stereocenters. The highest BCUT2D eigenvalue weighted by molar-refractivity contribution is 7.98. The molecule has 1 aliphatic heterocycles. The van der Waals surface area contributed by atoms with Crippen LogP contribution in [0, 0.1) is 0 Å². The molecule has 0 aromatic rings. The van der Waals surface area contributed by atoms with E-state index in [1.54, 1.807) is 21.6 Å². The van der Waals surface area contributed by atoms with Gasteiger partial charge in [-0.25, -0.2) is 0 Å². The van der Waals surface area contributed by atoms with Crippen LogP contribution in [-0.2, 0) is 19.2 Å². The van der Waals surface area contributed by atoms with Crippen LogP contribution in [0.1, 0.15) is 13.3 Å². The van der Waals surface area contributed by atoms with E-state index in [1.807, 2.05) is 23.0 Å². The number of aldehydes is 1. The Kier molecular flexibility index (Phi) is 14.9. The van der Waals surface area contributed by atoms with E-state index >= 15 is 0 Å². The summed E-state index contributed by atoms with van der Waals surface area (Å²) in [5.41, 5.74) is 0. The second-order valence-corrected chi connectivity index (χ2v) is 9.32. The number of rotatable bonds is 12. The second kappa shape index (κ2) is 16.8. The zero-order chi connectivity index (χ0) is 24.6. The zero-order valence-corrected chi connectivity index (χ0v) is 20.6. The van der Waals surface area contributed by atoms with Crippen molar-refractivity contribution < 1.29 is 29.4 Å². The van der Waals surface area contributed by atoms with Gasteiger partial charge in [-0.3, -0.25) is 34.0 Å². The molecule has 190 valence electrons. The molecule has 1 heterocycles. The lowest BCUT2D eigenvalue weighted by Gasteiger charge is -2.32. The molecule has 0 spiro atoms. The third kappa shape index (κ3) is 14.2. The van der Waals surface area contributed by atoms with E-state index in [9.17, 15) is 29.4 Å². The smallest absolute Gasteiger partial charge is 0.317 e. The summed E-state index contributed by atoms with van der Waals surface area (Å²) in [4.78, 5) is 53.7. The predicted molar refractivity (Wildman–Crippen MR) is 128 cm³/mol. The molecule has 3 N–H and O–H groups in total. The maximum Gasteiger partial charge on any atom is 0.317 e. The Morgan fingerprint density at radius 1 is 0.848 bits per heavy atom. The van der Waals surface area contributed by atoms with Crippen LogP contribution in [0.15, 0.2) is 0 Å². The van der Waals surface area contributed by atoms with Crippen LogP contribution >= 0.6 is 11.8 Å². The summed E-state index contributed by atoms with van der Waals surface area (Å²) in [6.07, 6.45) is 3.74. The van der Waals surface area contributed by atoms with E-state index in [1.165, 1.54) is 0 Å². The minimum atomic E-state index is -0.948. The fourth-order valence-electron chi connectivity index (χ4n) is 3.61. The molecule has 0 saturated carbocycles. The van der Waals surface area contributed by atoms with Crippen molar-refractivity contribution in [3.05, 3.63) is 0 Å². The minimum absolute atomic E-state index is 0.0740. The van der Waals surface area contributed by atoms with Gasteiger partial charge in [0.1, 0.15) is 6.29 Å². The molecule has 1 rings (SSSR count). The number of aliphatic carboxylic acids is 2. The minimum Gasteiger partial charge on any atom is -0.480 e. The topological polar surface area (TPSA) is 134 Å². The highest BCUT2D eigenvalue weighted by Gasteiger charge is 2.20. The van der Waals surface area contributed by atoms with Crippen molar-refractivity contribution in [1.82, 2.24) is 24.9 Å². The number of carboxylic acid groups (broad SMARTS) is 2. The summed E-state index contributed by atoms with van der Waals surface area (Å²) < 4.78 is 0. The van der Waals surface area contributed by atoms with Crippen molar-refractivity contribution in [3.63, 3.8) is 0 Å². The first-order valence-electron chi connectivity index (χ1n) is 11.3. The van der Waals surface area contributed by atoms with Gasteiger partial charge in [0.05, 0.1) is 26.2 Å². The molecule has 33 heavy (non-hydrogen) atoms. The number of nitrogens with one attached hydrogen (secondary N) is 1. The Balaban J connectivity index is 2.85. The van der Waals surface area contributed by atoms with Crippen molar-refractivity contribution in [2.45, 2.75) is 19.4 Å². The molecular formula is C21H39N5O6S. The van der Waals surface area contributed by atoms with E-state index in [-0.39, 0.29) is 38.1 Å². The molecule has 1 amide bonds. The molecule has 0 bridgehead atoms. The first-order valence-corrected chi connectivity index (χ1v) is 12.7. The van der Waals surface area contributed by atoms with Crippen molar-refractivity contribution in [3.8, 4) is 0 Å². The number of carbonyl (C=O) groups is 4. The standard InChI is InChI=1S/C21H39N5O6S/c1-18(3-14-33-2)22-19(28)15-24-6-4-23(12-13-27)5-7-25(16-20(29)30)10-11-26(9-8-24)17-21(31)32/h13,18H,3-12,14-17H2,1-2H3,(H,22,28)(H,29,30)(H,31,32). The van der Waals surface area contributed by atoms with E-state index in [2.05, 4.69) is 5.32 Å². The number of carboxylic acids is 2. The van der Waals surface area contributed by atoms with Gasteiger partial charge in [0, 0.05) is 58.4 Å². The van der Waals surface area contributed by atoms with Gasteiger partial charge in [-0.15, -0.1) is 0 Å². The Morgan fingerprint density at radius 2 is 1.27 bits per heavy atom. The summed E-state index contributed by atoms with van der Waals surface area (Å²) >= 11 is 1.73. The highest BCUT2D eigenvalue weighted by atomic mass is 32.2. The summed E-state index contributed by atoms with van der Waals surface area (Å²) in [6, 6.07) is 0.0766. The molecule has 11 nitrogen and oxygen atoms in total. The maximum absolute atomic E-state index is 12.6. The third-order valence-corrected chi connectivity index (χ3v) is 6.15. The van der Waals surface area contributed by atoms with Gasteiger partial charge < -0.3 is 20.3 Å². The van der Waals surface area contributed by atoms with Crippen molar-refractivity contribution >= 4 is 35.9 Å². The van der Waals surface area contributed by atoms with E-state index in [0.717, 1.165) is 18.5 Å². The predicted octanol–water partition coefficient (Wildman–Crippen LogP) is -1.17. The molecule has 1 atom stereocenters.